The van der Waals surface area contributed by atoms with E-state index in [1.807, 2.05) is 0 Å². The molecule has 0 saturated heterocycles. The first-order valence-corrected chi connectivity index (χ1v) is 5.13. The van der Waals surface area contributed by atoms with Gasteiger partial charge < -0.3 is 16.4 Å². The summed E-state index contributed by atoms with van der Waals surface area (Å²) in [6, 6.07) is 6.20. The maximum atomic E-state index is 11.4. The van der Waals surface area contributed by atoms with Crippen LogP contribution in [0, 0.1) is 0 Å². The first kappa shape index (κ1) is 13.4. The third-order valence-corrected chi connectivity index (χ3v) is 2.05. The van der Waals surface area contributed by atoms with Crippen molar-refractivity contribution in [3.8, 4) is 0 Å². The van der Waals surface area contributed by atoms with Gasteiger partial charge in [-0.2, -0.15) is 0 Å². The number of amides is 3. The minimum atomic E-state index is -0.577. The summed E-state index contributed by atoms with van der Waals surface area (Å²) in [5.74, 6) is -1.43. The second kappa shape index (κ2) is 6.19. The molecule has 0 aromatic heterocycles. The quantitative estimate of drug-likeness (QED) is 0.654. The molecule has 18 heavy (non-hydrogen) atoms. The number of rotatable bonds is 4. The Morgan fingerprint density at radius 2 is 1.83 bits per heavy atom. The normalized spacial score (nSPS) is 10.1. The van der Waals surface area contributed by atoms with E-state index in [0.717, 1.165) is 12.2 Å². The van der Waals surface area contributed by atoms with Gasteiger partial charge in [0.15, 0.2) is 0 Å². The van der Waals surface area contributed by atoms with E-state index in [4.69, 9.17) is 5.73 Å². The van der Waals surface area contributed by atoms with Crippen molar-refractivity contribution in [2.45, 2.75) is 0 Å². The summed E-state index contributed by atoms with van der Waals surface area (Å²) in [6.45, 7) is 0. The molecule has 0 aliphatic rings. The summed E-state index contributed by atoms with van der Waals surface area (Å²) in [4.78, 5) is 33.2. The molecular weight excluding hydrogens is 234 g/mol. The van der Waals surface area contributed by atoms with E-state index in [9.17, 15) is 14.4 Å². The predicted octanol–water partition coefficient (Wildman–Crippen LogP) is 0.0262. The van der Waals surface area contributed by atoms with Crippen molar-refractivity contribution >= 4 is 23.4 Å². The van der Waals surface area contributed by atoms with E-state index < -0.39 is 11.8 Å². The Labute approximate surface area is 104 Å². The molecule has 0 heterocycles. The maximum Gasteiger partial charge on any atom is 0.248 e. The number of primary amides is 1. The predicted molar refractivity (Wildman–Crippen MR) is 66.8 cm³/mol. The van der Waals surface area contributed by atoms with Gasteiger partial charge in [0.1, 0.15) is 0 Å². The molecule has 0 spiro atoms. The Morgan fingerprint density at radius 1 is 1.17 bits per heavy atom. The fourth-order valence-electron chi connectivity index (χ4n) is 1.17. The number of benzene rings is 1. The number of carbonyl (C=O) groups is 3. The Bertz CT molecular complexity index is 509. The van der Waals surface area contributed by atoms with Crippen LogP contribution in [-0.2, 0) is 9.59 Å². The van der Waals surface area contributed by atoms with Crippen LogP contribution in [0.2, 0.25) is 0 Å². The van der Waals surface area contributed by atoms with Gasteiger partial charge in [0, 0.05) is 30.5 Å². The van der Waals surface area contributed by atoms with Crippen molar-refractivity contribution < 1.29 is 14.4 Å². The lowest BCUT2D eigenvalue weighted by Crippen LogP contribution is -2.16. The van der Waals surface area contributed by atoms with Crippen LogP contribution >= 0.6 is 0 Å². The Hall–Kier alpha value is -2.63. The molecule has 6 heteroatoms. The zero-order valence-electron chi connectivity index (χ0n) is 9.77. The highest BCUT2D eigenvalue weighted by Gasteiger charge is 2.03. The van der Waals surface area contributed by atoms with Gasteiger partial charge in [-0.1, -0.05) is 6.07 Å². The largest absolute Gasteiger partial charge is 0.366 e. The molecule has 4 N–H and O–H groups in total. The second-order valence-corrected chi connectivity index (χ2v) is 3.38. The first-order chi connectivity index (χ1) is 8.52. The molecule has 1 rings (SSSR count). The Kier molecular flexibility index (Phi) is 4.62. The highest BCUT2D eigenvalue weighted by atomic mass is 16.2. The van der Waals surface area contributed by atoms with Crippen molar-refractivity contribution in [3.05, 3.63) is 42.0 Å². The van der Waals surface area contributed by atoms with Crippen LogP contribution in [0.15, 0.2) is 36.4 Å². The highest BCUT2D eigenvalue weighted by Crippen LogP contribution is 2.09. The molecule has 0 bridgehead atoms. The SMILES string of the molecule is CNC(=O)/C=C/C(=O)Nc1cccc(C(N)=O)c1. The lowest BCUT2D eigenvalue weighted by Gasteiger charge is -2.03. The fourth-order valence-corrected chi connectivity index (χ4v) is 1.17. The topological polar surface area (TPSA) is 101 Å². The minimum absolute atomic E-state index is 0.295. The molecule has 0 radical (unpaired) electrons. The molecular formula is C12H13N3O3. The molecule has 6 nitrogen and oxygen atoms in total. The van der Waals surface area contributed by atoms with Crippen LogP contribution in [0.25, 0.3) is 0 Å². The van der Waals surface area contributed by atoms with E-state index in [-0.39, 0.29) is 5.91 Å². The molecule has 1 aromatic rings. The molecule has 0 atom stereocenters. The molecule has 94 valence electrons. The van der Waals surface area contributed by atoms with E-state index in [0.29, 0.717) is 11.3 Å². The smallest absolute Gasteiger partial charge is 0.248 e. The molecule has 3 amide bonds. The molecule has 0 saturated carbocycles. The van der Waals surface area contributed by atoms with E-state index >= 15 is 0 Å². The van der Waals surface area contributed by atoms with Gasteiger partial charge in [-0.3, -0.25) is 14.4 Å². The van der Waals surface area contributed by atoms with Crippen LogP contribution in [0.4, 0.5) is 5.69 Å². The van der Waals surface area contributed by atoms with Crippen LogP contribution in [0.1, 0.15) is 10.4 Å². The zero-order chi connectivity index (χ0) is 13.5. The average Bonchev–Trinajstić information content (AvgIpc) is 2.36. The maximum absolute atomic E-state index is 11.4. The summed E-state index contributed by atoms with van der Waals surface area (Å²) in [6.07, 6.45) is 2.20. The number of hydrogen-bond donors (Lipinski definition) is 3. The summed E-state index contributed by atoms with van der Waals surface area (Å²) < 4.78 is 0. The van der Waals surface area contributed by atoms with Crippen molar-refractivity contribution in [1.29, 1.82) is 0 Å². The number of anilines is 1. The van der Waals surface area contributed by atoms with Crippen LogP contribution in [0.3, 0.4) is 0 Å². The van der Waals surface area contributed by atoms with Crippen LogP contribution < -0.4 is 16.4 Å². The number of nitrogens with one attached hydrogen (secondary N) is 2. The zero-order valence-corrected chi connectivity index (χ0v) is 9.77. The summed E-state index contributed by atoms with van der Waals surface area (Å²) in [7, 11) is 1.46. The Morgan fingerprint density at radius 3 is 2.44 bits per heavy atom. The van der Waals surface area contributed by atoms with Gasteiger partial charge in [-0.05, 0) is 18.2 Å². The number of likely N-dealkylation sites (N-methyl/N-ethyl adjacent to an activating group) is 1. The van der Waals surface area contributed by atoms with Gasteiger partial charge in [-0.15, -0.1) is 0 Å². The Balaban J connectivity index is 2.70. The molecule has 1 aromatic carbocycles. The second-order valence-electron chi connectivity index (χ2n) is 3.38. The van der Waals surface area contributed by atoms with Gasteiger partial charge in [0.25, 0.3) is 0 Å². The van der Waals surface area contributed by atoms with E-state index in [2.05, 4.69) is 10.6 Å². The van der Waals surface area contributed by atoms with Crippen molar-refractivity contribution in [1.82, 2.24) is 5.32 Å². The number of hydrogen-bond acceptors (Lipinski definition) is 3. The third-order valence-electron chi connectivity index (χ3n) is 2.05. The fraction of sp³-hybridized carbons (Fsp3) is 0.0833. The highest BCUT2D eigenvalue weighted by molar-refractivity contribution is 6.04. The van der Waals surface area contributed by atoms with E-state index in [1.165, 1.54) is 13.1 Å². The van der Waals surface area contributed by atoms with E-state index in [1.54, 1.807) is 18.2 Å². The standard InChI is InChI=1S/C12H13N3O3/c1-14-10(16)5-6-11(17)15-9-4-2-3-8(7-9)12(13)18/h2-7H,1H3,(H2,13,18)(H,14,16)(H,15,17)/b6-5+. The number of carbonyl (C=O) groups excluding carboxylic acids is 3. The molecule has 0 aliphatic heterocycles. The molecule has 0 fully saturated rings. The lowest BCUT2D eigenvalue weighted by molar-refractivity contribution is -0.117. The minimum Gasteiger partial charge on any atom is -0.366 e. The van der Waals surface area contributed by atoms with Crippen LogP contribution in [0.5, 0.6) is 0 Å². The molecule has 0 unspecified atom stereocenters. The summed E-state index contributed by atoms with van der Waals surface area (Å²) >= 11 is 0. The third kappa shape index (κ3) is 4.09. The first-order valence-electron chi connectivity index (χ1n) is 5.13. The average molecular weight is 247 g/mol. The molecule has 0 aliphatic carbocycles. The van der Waals surface area contributed by atoms with Crippen LogP contribution in [-0.4, -0.2) is 24.8 Å². The summed E-state index contributed by atoms with van der Waals surface area (Å²) in [5.41, 5.74) is 5.83. The monoisotopic (exact) mass is 247 g/mol. The number of nitrogens with two attached hydrogens (primary N) is 1. The van der Waals surface area contributed by atoms with Gasteiger partial charge in [0.05, 0.1) is 0 Å². The van der Waals surface area contributed by atoms with Crippen molar-refractivity contribution in [2.24, 2.45) is 5.73 Å². The summed E-state index contributed by atoms with van der Waals surface area (Å²) in [5, 5.41) is 4.84. The van der Waals surface area contributed by atoms with Crippen molar-refractivity contribution in [2.75, 3.05) is 12.4 Å². The van der Waals surface area contributed by atoms with Gasteiger partial charge in [-0.25, -0.2) is 0 Å². The van der Waals surface area contributed by atoms with Crippen molar-refractivity contribution in [3.63, 3.8) is 0 Å². The van der Waals surface area contributed by atoms with Gasteiger partial charge in [0.2, 0.25) is 17.7 Å². The van der Waals surface area contributed by atoms with Gasteiger partial charge >= 0.3 is 0 Å². The lowest BCUT2D eigenvalue weighted by atomic mass is 10.2.